The summed E-state index contributed by atoms with van der Waals surface area (Å²) in [6.07, 6.45) is 0.179. The Labute approximate surface area is 167 Å². The van der Waals surface area contributed by atoms with Gasteiger partial charge in [0.25, 0.3) is 0 Å². The van der Waals surface area contributed by atoms with Gasteiger partial charge in [-0.2, -0.15) is 0 Å². The number of nitrogens with zero attached hydrogens (tertiary/aromatic N) is 1. The van der Waals surface area contributed by atoms with Crippen LogP contribution >= 0.6 is 11.3 Å². The van der Waals surface area contributed by atoms with Crippen molar-refractivity contribution in [1.29, 1.82) is 0 Å². The maximum absolute atomic E-state index is 12.8. The van der Waals surface area contributed by atoms with Crippen molar-refractivity contribution < 1.29 is 23.9 Å². The second-order valence-electron chi connectivity index (χ2n) is 6.46. The molecule has 2 aromatic rings. The van der Waals surface area contributed by atoms with Crippen LogP contribution in [0, 0.1) is 5.92 Å². The predicted molar refractivity (Wildman–Crippen MR) is 105 cm³/mol. The molecule has 0 spiro atoms. The summed E-state index contributed by atoms with van der Waals surface area (Å²) in [5, 5.41) is 4.79. The lowest BCUT2D eigenvalue weighted by atomic mass is 10.1. The average Bonchev–Trinajstić information content (AvgIpc) is 3.37. The van der Waals surface area contributed by atoms with Crippen molar-refractivity contribution in [2.24, 2.45) is 5.92 Å². The molecule has 1 N–H and O–H groups in total. The van der Waals surface area contributed by atoms with Gasteiger partial charge in [-0.1, -0.05) is 6.07 Å². The maximum Gasteiger partial charge on any atom is 0.307 e. The van der Waals surface area contributed by atoms with Crippen LogP contribution in [0.5, 0.6) is 5.75 Å². The van der Waals surface area contributed by atoms with E-state index in [4.69, 9.17) is 9.47 Å². The summed E-state index contributed by atoms with van der Waals surface area (Å²) >= 11 is 1.46. The standard InChI is InChI=1S/C20H22N2O5S/c1-26-15-7-5-14(6-8-15)22-12-13(10-18(22)23)20(25)21-16(11-19(24)27-2)17-4-3-9-28-17/h3-9,13,16H,10-12H2,1-2H3,(H,21,25). The number of benzene rings is 1. The monoisotopic (exact) mass is 402 g/mol. The summed E-state index contributed by atoms with van der Waals surface area (Å²) in [5.74, 6) is -0.528. The zero-order chi connectivity index (χ0) is 20.1. The first-order chi connectivity index (χ1) is 13.5. The van der Waals surface area contributed by atoms with E-state index in [1.807, 2.05) is 17.5 Å². The first-order valence-electron chi connectivity index (χ1n) is 8.86. The van der Waals surface area contributed by atoms with Gasteiger partial charge in [-0.3, -0.25) is 14.4 Å². The zero-order valence-electron chi connectivity index (χ0n) is 15.7. The van der Waals surface area contributed by atoms with Gasteiger partial charge in [-0.25, -0.2) is 0 Å². The lowest BCUT2D eigenvalue weighted by Gasteiger charge is -2.20. The van der Waals surface area contributed by atoms with Gasteiger partial charge in [0, 0.05) is 23.5 Å². The minimum absolute atomic E-state index is 0.0472. The van der Waals surface area contributed by atoms with Gasteiger partial charge in [0.15, 0.2) is 0 Å². The van der Waals surface area contributed by atoms with Crippen LogP contribution in [0.25, 0.3) is 0 Å². The van der Waals surface area contributed by atoms with Crippen LogP contribution in [0.4, 0.5) is 5.69 Å². The maximum atomic E-state index is 12.8. The number of carbonyl (C=O) groups is 3. The fraction of sp³-hybridized carbons (Fsp3) is 0.350. The highest BCUT2D eigenvalue weighted by atomic mass is 32.1. The number of ether oxygens (including phenoxy) is 2. The molecule has 1 saturated heterocycles. The second kappa shape index (κ2) is 8.88. The topological polar surface area (TPSA) is 84.9 Å². The van der Waals surface area contributed by atoms with Crippen molar-refractivity contribution in [1.82, 2.24) is 5.32 Å². The summed E-state index contributed by atoms with van der Waals surface area (Å²) in [6, 6.07) is 10.4. The third-order valence-corrected chi connectivity index (χ3v) is 5.67. The molecule has 7 nitrogen and oxygen atoms in total. The van der Waals surface area contributed by atoms with Crippen LogP contribution in [0.1, 0.15) is 23.8 Å². The third kappa shape index (κ3) is 4.51. The molecule has 28 heavy (non-hydrogen) atoms. The van der Waals surface area contributed by atoms with Crippen molar-refractivity contribution >= 4 is 34.8 Å². The molecule has 2 heterocycles. The lowest BCUT2D eigenvalue weighted by Crippen LogP contribution is -2.36. The van der Waals surface area contributed by atoms with E-state index in [1.165, 1.54) is 18.4 Å². The van der Waals surface area contributed by atoms with Crippen LogP contribution < -0.4 is 15.0 Å². The molecule has 0 bridgehead atoms. The second-order valence-corrected chi connectivity index (χ2v) is 7.44. The average molecular weight is 402 g/mol. The van der Waals surface area contributed by atoms with E-state index in [-0.39, 0.29) is 24.7 Å². The summed E-state index contributed by atoms with van der Waals surface area (Å²) in [6.45, 7) is 0.298. The molecule has 148 valence electrons. The molecule has 1 aliphatic rings. The Hall–Kier alpha value is -2.87. The van der Waals surface area contributed by atoms with Crippen molar-refractivity contribution in [2.75, 3.05) is 25.7 Å². The number of thiophene rings is 1. The first kappa shape index (κ1) is 19.9. The Morgan fingerprint density at radius 2 is 2.00 bits per heavy atom. The SMILES string of the molecule is COC(=O)CC(NC(=O)C1CC(=O)N(c2ccc(OC)cc2)C1)c1cccs1. The summed E-state index contributed by atoms with van der Waals surface area (Å²) in [4.78, 5) is 39.4. The highest BCUT2D eigenvalue weighted by molar-refractivity contribution is 7.10. The molecule has 2 unspecified atom stereocenters. The molecule has 2 amide bonds. The van der Waals surface area contributed by atoms with Gasteiger partial charge in [0.05, 0.1) is 32.6 Å². The molecule has 1 aromatic heterocycles. The lowest BCUT2D eigenvalue weighted by molar-refractivity contribution is -0.141. The van der Waals surface area contributed by atoms with Crippen molar-refractivity contribution in [3.8, 4) is 5.75 Å². The first-order valence-corrected chi connectivity index (χ1v) is 9.74. The molecule has 8 heteroatoms. The number of anilines is 1. The number of esters is 1. The van der Waals surface area contributed by atoms with Gasteiger partial charge >= 0.3 is 5.97 Å². The van der Waals surface area contributed by atoms with Gasteiger partial charge in [0.2, 0.25) is 11.8 Å². The number of rotatable bonds is 7. The van der Waals surface area contributed by atoms with E-state index < -0.39 is 17.9 Å². The van der Waals surface area contributed by atoms with Crippen molar-refractivity contribution in [3.05, 3.63) is 46.7 Å². The molecule has 3 rings (SSSR count). The Kier molecular flexibility index (Phi) is 6.30. The number of methoxy groups -OCH3 is 2. The quantitative estimate of drug-likeness (QED) is 0.720. The molecule has 0 aliphatic carbocycles. The highest BCUT2D eigenvalue weighted by Crippen LogP contribution is 2.28. The summed E-state index contributed by atoms with van der Waals surface area (Å²) in [7, 11) is 2.90. The number of carbonyl (C=O) groups excluding carboxylic acids is 3. The molecule has 1 fully saturated rings. The fourth-order valence-corrected chi connectivity index (χ4v) is 3.92. The van der Waals surface area contributed by atoms with Crippen LogP contribution in [0.15, 0.2) is 41.8 Å². The number of hydrogen-bond acceptors (Lipinski definition) is 6. The molecule has 0 saturated carbocycles. The Balaban J connectivity index is 1.67. The predicted octanol–water partition coefficient (Wildman–Crippen LogP) is 2.53. The number of nitrogens with one attached hydrogen (secondary N) is 1. The number of hydrogen-bond donors (Lipinski definition) is 1. The normalized spacial score (nSPS) is 17.3. The number of amides is 2. The minimum Gasteiger partial charge on any atom is -0.497 e. The van der Waals surface area contributed by atoms with Crippen LogP contribution in [0.2, 0.25) is 0 Å². The van der Waals surface area contributed by atoms with E-state index in [2.05, 4.69) is 5.32 Å². The highest BCUT2D eigenvalue weighted by Gasteiger charge is 2.36. The molecular weight excluding hydrogens is 380 g/mol. The Bertz CT molecular complexity index is 835. The Morgan fingerprint density at radius 1 is 1.25 bits per heavy atom. The van der Waals surface area contributed by atoms with E-state index in [0.29, 0.717) is 12.3 Å². The van der Waals surface area contributed by atoms with Gasteiger partial charge < -0.3 is 19.7 Å². The summed E-state index contributed by atoms with van der Waals surface area (Å²) < 4.78 is 9.87. The molecule has 1 aliphatic heterocycles. The van der Waals surface area contributed by atoms with Gasteiger partial charge in [-0.05, 0) is 35.7 Å². The van der Waals surface area contributed by atoms with Crippen LogP contribution in [-0.4, -0.2) is 38.5 Å². The summed E-state index contributed by atoms with van der Waals surface area (Å²) in [5.41, 5.74) is 0.727. The molecular formula is C20H22N2O5S. The largest absolute Gasteiger partial charge is 0.497 e. The third-order valence-electron chi connectivity index (χ3n) is 4.68. The van der Waals surface area contributed by atoms with Gasteiger partial charge in [0.1, 0.15) is 5.75 Å². The molecule has 2 atom stereocenters. The zero-order valence-corrected chi connectivity index (χ0v) is 16.5. The van der Waals surface area contributed by atoms with E-state index >= 15 is 0 Å². The smallest absolute Gasteiger partial charge is 0.307 e. The molecule has 0 radical (unpaired) electrons. The van der Waals surface area contributed by atoms with Crippen LogP contribution in [0.3, 0.4) is 0 Å². The fourth-order valence-electron chi connectivity index (χ4n) is 3.15. The van der Waals surface area contributed by atoms with Crippen molar-refractivity contribution in [3.63, 3.8) is 0 Å². The van der Waals surface area contributed by atoms with E-state index in [0.717, 1.165) is 10.6 Å². The van der Waals surface area contributed by atoms with E-state index in [1.54, 1.807) is 36.3 Å². The van der Waals surface area contributed by atoms with Crippen LogP contribution in [-0.2, 0) is 19.1 Å². The molecule has 1 aromatic carbocycles. The minimum atomic E-state index is -0.477. The van der Waals surface area contributed by atoms with Crippen molar-refractivity contribution in [2.45, 2.75) is 18.9 Å². The Morgan fingerprint density at radius 3 is 2.61 bits per heavy atom. The van der Waals surface area contributed by atoms with E-state index in [9.17, 15) is 14.4 Å². The van der Waals surface area contributed by atoms with Gasteiger partial charge in [-0.15, -0.1) is 11.3 Å².